The molecule has 0 bridgehead atoms. The van der Waals surface area contributed by atoms with Crippen molar-refractivity contribution in [3.8, 4) is 0 Å². The summed E-state index contributed by atoms with van der Waals surface area (Å²) >= 11 is 0. The summed E-state index contributed by atoms with van der Waals surface area (Å²) in [5, 5.41) is 3.31. The largest absolute Gasteiger partial charge is 0.462 e. The normalized spacial score (nSPS) is 12.9. The highest BCUT2D eigenvalue weighted by molar-refractivity contribution is 5.06. The molecule has 0 aliphatic carbocycles. The van der Waals surface area contributed by atoms with Gasteiger partial charge in [0, 0.05) is 0 Å². The summed E-state index contributed by atoms with van der Waals surface area (Å²) in [6, 6.07) is 4.00. The first kappa shape index (κ1) is 13.3. The van der Waals surface area contributed by atoms with Crippen LogP contribution in [-0.2, 0) is 17.9 Å². The van der Waals surface area contributed by atoms with Gasteiger partial charge in [0.25, 0.3) is 0 Å². The molecule has 1 aromatic rings. The van der Waals surface area contributed by atoms with Crippen molar-refractivity contribution < 1.29 is 9.15 Å². The standard InChI is InChI=1S/C13H23NO2/c1-4-8-14-9-12-6-7-13(16-12)10-15-11(3)5-2/h6-7,11,14H,4-5,8-10H2,1-3H3. The Morgan fingerprint density at radius 2 is 2.06 bits per heavy atom. The molecule has 0 saturated carbocycles. The van der Waals surface area contributed by atoms with Crippen molar-refractivity contribution in [2.75, 3.05) is 6.54 Å². The van der Waals surface area contributed by atoms with Gasteiger partial charge in [-0.1, -0.05) is 13.8 Å². The molecule has 0 aromatic carbocycles. The fourth-order valence-corrected chi connectivity index (χ4v) is 1.33. The third kappa shape index (κ3) is 4.81. The van der Waals surface area contributed by atoms with Crippen LogP contribution in [0.5, 0.6) is 0 Å². The monoisotopic (exact) mass is 225 g/mol. The molecule has 1 unspecified atom stereocenters. The predicted molar refractivity (Wildman–Crippen MR) is 65.2 cm³/mol. The molecule has 3 nitrogen and oxygen atoms in total. The Balaban J connectivity index is 2.28. The summed E-state index contributed by atoms with van der Waals surface area (Å²) < 4.78 is 11.2. The number of rotatable bonds is 8. The van der Waals surface area contributed by atoms with Gasteiger partial charge in [0.15, 0.2) is 0 Å². The minimum atomic E-state index is 0.298. The first-order chi connectivity index (χ1) is 7.76. The number of hydrogen-bond donors (Lipinski definition) is 1. The van der Waals surface area contributed by atoms with Crippen LogP contribution in [0.15, 0.2) is 16.5 Å². The van der Waals surface area contributed by atoms with E-state index in [1.54, 1.807) is 0 Å². The van der Waals surface area contributed by atoms with Crippen molar-refractivity contribution in [1.29, 1.82) is 0 Å². The Bertz CT molecular complexity index is 283. The van der Waals surface area contributed by atoms with E-state index in [4.69, 9.17) is 9.15 Å². The van der Waals surface area contributed by atoms with Gasteiger partial charge >= 0.3 is 0 Å². The van der Waals surface area contributed by atoms with Crippen LogP contribution in [0.4, 0.5) is 0 Å². The van der Waals surface area contributed by atoms with Crippen molar-refractivity contribution >= 4 is 0 Å². The molecule has 0 aliphatic heterocycles. The van der Waals surface area contributed by atoms with Crippen LogP contribution in [-0.4, -0.2) is 12.6 Å². The molecule has 92 valence electrons. The lowest BCUT2D eigenvalue weighted by atomic mass is 10.3. The predicted octanol–water partition coefficient (Wildman–Crippen LogP) is 3.09. The lowest BCUT2D eigenvalue weighted by Crippen LogP contribution is -2.13. The smallest absolute Gasteiger partial charge is 0.129 e. The lowest BCUT2D eigenvalue weighted by Gasteiger charge is -2.08. The van der Waals surface area contributed by atoms with Gasteiger partial charge in [-0.25, -0.2) is 0 Å². The van der Waals surface area contributed by atoms with Crippen LogP contribution in [0.2, 0.25) is 0 Å². The molecule has 1 atom stereocenters. The van der Waals surface area contributed by atoms with Crippen LogP contribution >= 0.6 is 0 Å². The van der Waals surface area contributed by atoms with Gasteiger partial charge in [0.1, 0.15) is 18.1 Å². The molecule has 0 aliphatic rings. The molecule has 1 N–H and O–H groups in total. The molecular formula is C13H23NO2. The molecule has 1 rings (SSSR count). The van der Waals surface area contributed by atoms with E-state index < -0.39 is 0 Å². The SMILES string of the molecule is CCCNCc1ccc(COC(C)CC)o1. The Hall–Kier alpha value is -0.800. The quantitative estimate of drug-likeness (QED) is 0.690. The molecule has 16 heavy (non-hydrogen) atoms. The summed E-state index contributed by atoms with van der Waals surface area (Å²) in [6.45, 7) is 8.75. The van der Waals surface area contributed by atoms with E-state index in [0.717, 1.165) is 37.5 Å². The minimum absolute atomic E-state index is 0.298. The Morgan fingerprint density at radius 3 is 2.75 bits per heavy atom. The van der Waals surface area contributed by atoms with E-state index in [9.17, 15) is 0 Å². The molecule has 1 aromatic heterocycles. The topological polar surface area (TPSA) is 34.4 Å². The summed E-state index contributed by atoms with van der Waals surface area (Å²) in [5.41, 5.74) is 0. The maximum absolute atomic E-state index is 5.64. The molecule has 0 fully saturated rings. The van der Waals surface area contributed by atoms with E-state index in [2.05, 4.69) is 26.1 Å². The molecule has 0 saturated heterocycles. The van der Waals surface area contributed by atoms with Gasteiger partial charge in [-0.2, -0.15) is 0 Å². The lowest BCUT2D eigenvalue weighted by molar-refractivity contribution is 0.0400. The van der Waals surface area contributed by atoms with Crippen molar-refractivity contribution in [3.63, 3.8) is 0 Å². The second-order valence-electron chi connectivity index (χ2n) is 4.07. The summed E-state index contributed by atoms with van der Waals surface area (Å²) in [5.74, 6) is 1.89. The first-order valence-electron chi connectivity index (χ1n) is 6.16. The van der Waals surface area contributed by atoms with Crippen LogP contribution in [0.1, 0.15) is 45.1 Å². The fourth-order valence-electron chi connectivity index (χ4n) is 1.33. The average Bonchev–Trinajstić information content (AvgIpc) is 2.74. The molecular weight excluding hydrogens is 202 g/mol. The summed E-state index contributed by atoms with van der Waals surface area (Å²) in [6.07, 6.45) is 2.47. The van der Waals surface area contributed by atoms with Crippen LogP contribution in [0.3, 0.4) is 0 Å². The average molecular weight is 225 g/mol. The molecule has 0 spiro atoms. The maximum atomic E-state index is 5.64. The van der Waals surface area contributed by atoms with Crippen LogP contribution in [0, 0.1) is 0 Å². The van der Waals surface area contributed by atoms with Crippen molar-refractivity contribution in [1.82, 2.24) is 5.32 Å². The van der Waals surface area contributed by atoms with Gasteiger partial charge in [-0.05, 0) is 38.4 Å². The zero-order valence-corrected chi connectivity index (χ0v) is 10.6. The Labute approximate surface area is 98.2 Å². The van der Waals surface area contributed by atoms with Gasteiger partial charge in [-0.15, -0.1) is 0 Å². The number of hydrogen-bond acceptors (Lipinski definition) is 3. The zero-order valence-electron chi connectivity index (χ0n) is 10.6. The van der Waals surface area contributed by atoms with Crippen molar-refractivity contribution in [2.24, 2.45) is 0 Å². The highest BCUT2D eigenvalue weighted by Gasteiger charge is 2.04. The second-order valence-corrected chi connectivity index (χ2v) is 4.07. The minimum Gasteiger partial charge on any atom is -0.462 e. The highest BCUT2D eigenvalue weighted by Crippen LogP contribution is 2.10. The van der Waals surface area contributed by atoms with Gasteiger partial charge < -0.3 is 14.5 Å². The Kier molecular flexibility index (Phi) is 6.19. The van der Waals surface area contributed by atoms with Gasteiger partial charge in [0.2, 0.25) is 0 Å². The molecule has 0 amide bonds. The maximum Gasteiger partial charge on any atom is 0.129 e. The fraction of sp³-hybridized carbons (Fsp3) is 0.692. The van der Waals surface area contributed by atoms with Gasteiger partial charge in [-0.3, -0.25) is 0 Å². The van der Waals surface area contributed by atoms with Crippen molar-refractivity contribution in [3.05, 3.63) is 23.7 Å². The highest BCUT2D eigenvalue weighted by atomic mass is 16.5. The van der Waals surface area contributed by atoms with Crippen molar-refractivity contribution in [2.45, 2.75) is 52.9 Å². The van der Waals surface area contributed by atoms with Crippen LogP contribution < -0.4 is 5.32 Å². The molecule has 0 radical (unpaired) electrons. The third-order valence-electron chi connectivity index (χ3n) is 2.53. The zero-order chi connectivity index (χ0) is 11.8. The molecule has 1 heterocycles. The van der Waals surface area contributed by atoms with Gasteiger partial charge in [0.05, 0.1) is 12.6 Å². The van der Waals surface area contributed by atoms with E-state index in [0.29, 0.717) is 12.7 Å². The van der Waals surface area contributed by atoms with E-state index >= 15 is 0 Å². The van der Waals surface area contributed by atoms with E-state index in [1.807, 2.05) is 12.1 Å². The molecule has 3 heteroatoms. The second kappa shape index (κ2) is 7.47. The number of furan rings is 1. The number of ether oxygens (including phenoxy) is 1. The summed E-state index contributed by atoms with van der Waals surface area (Å²) in [7, 11) is 0. The summed E-state index contributed by atoms with van der Waals surface area (Å²) in [4.78, 5) is 0. The van der Waals surface area contributed by atoms with E-state index in [1.165, 1.54) is 0 Å². The van der Waals surface area contributed by atoms with E-state index in [-0.39, 0.29) is 0 Å². The van der Waals surface area contributed by atoms with Crippen LogP contribution in [0.25, 0.3) is 0 Å². The third-order valence-corrected chi connectivity index (χ3v) is 2.53. The number of nitrogens with one attached hydrogen (secondary N) is 1. The first-order valence-corrected chi connectivity index (χ1v) is 6.16. The Morgan fingerprint density at radius 1 is 1.31 bits per heavy atom.